The van der Waals surface area contributed by atoms with E-state index in [1.807, 2.05) is 18.2 Å². The topological polar surface area (TPSA) is 86.1 Å². The predicted molar refractivity (Wildman–Crippen MR) is 124 cm³/mol. The first kappa shape index (κ1) is 28.2. The number of aliphatic carboxylic acids is 1. The first-order valence-corrected chi connectivity index (χ1v) is 12.0. The van der Waals surface area contributed by atoms with Crippen molar-refractivity contribution in [2.24, 2.45) is 0 Å². The SMILES string of the molecule is O=C(O)C(F)(F)F.O[C@@H]1CN(c2cccc(C(F)(F)F)n2)CC1N1CCC2(CC1)Cc1cc(Cl)ccc1O2. The lowest BCUT2D eigenvalue weighted by Crippen LogP contribution is -2.53. The minimum absolute atomic E-state index is 0.146. The summed E-state index contributed by atoms with van der Waals surface area (Å²) in [7, 11) is 0. The number of pyridine rings is 1. The molecule has 0 radical (unpaired) electrons. The number of nitrogens with zero attached hydrogens (tertiary/aromatic N) is 3. The van der Waals surface area contributed by atoms with Gasteiger partial charge in [-0.1, -0.05) is 17.7 Å². The van der Waals surface area contributed by atoms with E-state index in [1.165, 1.54) is 6.07 Å². The van der Waals surface area contributed by atoms with E-state index >= 15 is 0 Å². The molecule has 2 atom stereocenters. The number of anilines is 1. The van der Waals surface area contributed by atoms with Gasteiger partial charge in [0.05, 0.1) is 12.1 Å². The summed E-state index contributed by atoms with van der Waals surface area (Å²) in [6.07, 6.45) is -7.75. The minimum Gasteiger partial charge on any atom is -0.487 e. The Bertz CT molecular complexity index is 1170. The molecule has 3 aliphatic rings. The number of β-amino-alcohol motifs (C(OH)–C–C–N with tert-alkyl or cyclic N) is 1. The Hall–Kier alpha value is -2.77. The fraction of sp³-hybridized carbons (Fsp3) is 0.500. The lowest BCUT2D eigenvalue weighted by Gasteiger charge is -2.41. The molecule has 1 unspecified atom stereocenters. The van der Waals surface area contributed by atoms with Crippen LogP contribution in [0.1, 0.15) is 24.1 Å². The molecule has 2 saturated heterocycles. The van der Waals surface area contributed by atoms with Gasteiger partial charge in [-0.15, -0.1) is 0 Å². The summed E-state index contributed by atoms with van der Waals surface area (Å²) in [5.74, 6) is -1.62. The van der Waals surface area contributed by atoms with E-state index in [-0.39, 0.29) is 24.0 Å². The molecule has 208 valence electrons. The number of benzene rings is 1. The number of rotatable bonds is 2. The van der Waals surface area contributed by atoms with Gasteiger partial charge in [-0.05, 0) is 35.9 Å². The molecule has 5 rings (SSSR count). The number of piperidine rings is 1. The Morgan fingerprint density at radius 2 is 1.74 bits per heavy atom. The molecule has 1 spiro atoms. The maximum atomic E-state index is 13.0. The predicted octanol–water partition coefficient (Wildman–Crippen LogP) is 4.41. The molecule has 1 aromatic heterocycles. The molecule has 2 aromatic rings. The Kier molecular flexibility index (Phi) is 7.74. The summed E-state index contributed by atoms with van der Waals surface area (Å²) in [5.41, 5.74) is -0.0282. The Labute approximate surface area is 218 Å². The Balaban J connectivity index is 0.000000426. The Morgan fingerprint density at radius 1 is 1.08 bits per heavy atom. The molecular weight excluding hydrogens is 544 g/mol. The summed E-state index contributed by atoms with van der Waals surface area (Å²) in [5, 5.41) is 18.5. The van der Waals surface area contributed by atoms with Crippen molar-refractivity contribution in [3.8, 4) is 5.75 Å². The molecule has 2 fully saturated rings. The van der Waals surface area contributed by atoms with Crippen molar-refractivity contribution < 1.29 is 46.1 Å². The number of carboxylic acids is 1. The fourth-order valence-corrected chi connectivity index (χ4v) is 5.21. The normalized spacial score (nSPS) is 23.0. The molecule has 0 aliphatic carbocycles. The van der Waals surface area contributed by atoms with Gasteiger partial charge in [0.15, 0.2) is 0 Å². The third kappa shape index (κ3) is 6.26. The van der Waals surface area contributed by atoms with Gasteiger partial charge in [0.1, 0.15) is 22.9 Å². The second kappa shape index (κ2) is 10.4. The number of likely N-dealkylation sites (tertiary alicyclic amines) is 1. The van der Waals surface area contributed by atoms with Crippen LogP contribution in [0.3, 0.4) is 0 Å². The van der Waals surface area contributed by atoms with E-state index < -0.39 is 30.1 Å². The van der Waals surface area contributed by atoms with Gasteiger partial charge < -0.3 is 19.8 Å². The summed E-state index contributed by atoms with van der Waals surface area (Å²) >= 11 is 6.11. The summed E-state index contributed by atoms with van der Waals surface area (Å²) in [4.78, 5) is 16.6. The van der Waals surface area contributed by atoms with E-state index in [1.54, 1.807) is 11.0 Å². The van der Waals surface area contributed by atoms with E-state index in [9.17, 15) is 31.4 Å². The monoisotopic (exact) mass is 567 g/mol. The third-order valence-corrected chi connectivity index (χ3v) is 7.13. The highest BCUT2D eigenvalue weighted by molar-refractivity contribution is 6.30. The summed E-state index contributed by atoms with van der Waals surface area (Å²) in [6, 6.07) is 9.44. The average molecular weight is 568 g/mol. The quantitative estimate of drug-likeness (QED) is 0.520. The van der Waals surface area contributed by atoms with Crippen LogP contribution < -0.4 is 9.64 Å². The smallest absolute Gasteiger partial charge is 0.487 e. The van der Waals surface area contributed by atoms with Crippen LogP contribution >= 0.6 is 11.6 Å². The van der Waals surface area contributed by atoms with Gasteiger partial charge in [-0.2, -0.15) is 26.3 Å². The second-order valence-electron chi connectivity index (χ2n) is 9.47. The minimum atomic E-state index is -5.08. The lowest BCUT2D eigenvalue weighted by molar-refractivity contribution is -0.192. The molecule has 3 aliphatic heterocycles. The van der Waals surface area contributed by atoms with Crippen molar-refractivity contribution in [2.75, 3.05) is 31.1 Å². The van der Waals surface area contributed by atoms with Crippen molar-refractivity contribution >= 4 is 23.4 Å². The number of halogens is 7. The zero-order valence-corrected chi connectivity index (χ0v) is 20.5. The number of carbonyl (C=O) groups is 1. The highest BCUT2D eigenvalue weighted by atomic mass is 35.5. The largest absolute Gasteiger partial charge is 0.490 e. The van der Waals surface area contributed by atoms with Crippen molar-refractivity contribution in [1.29, 1.82) is 0 Å². The number of aliphatic hydroxyl groups excluding tert-OH is 1. The summed E-state index contributed by atoms with van der Waals surface area (Å²) < 4.78 is 77.0. The summed E-state index contributed by atoms with van der Waals surface area (Å²) in [6.45, 7) is 2.22. The molecule has 4 heterocycles. The number of alkyl halides is 6. The van der Waals surface area contributed by atoms with E-state index in [0.717, 1.165) is 49.7 Å². The average Bonchev–Trinajstić information content (AvgIpc) is 3.39. The zero-order valence-electron chi connectivity index (χ0n) is 19.8. The maximum absolute atomic E-state index is 13.0. The number of hydrogen-bond donors (Lipinski definition) is 2. The molecule has 0 saturated carbocycles. The molecule has 14 heteroatoms. The van der Waals surface area contributed by atoms with Gasteiger partial charge in [0.25, 0.3) is 0 Å². The van der Waals surface area contributed by atoms with Crippen molar-refractivity contribution in [1.82, 2.24) is 9.88 Å². The molecule has 1 aromatic carbocycles. The fourth-order valence-electron chi connectivity index (χ4n) is 5.02. The third-order valence-electron chi connectivity index (χ3n) is 6.89. The van der Waals surface area contributed by atoms with E-state index in [0.29, 0.717) is 11.6 Å². The number of ether oxygens (including phenoxy) is 1. The zero-order chi connectivity index (χ0) is 27.9. The number of hydrogen-bond acceptors (Lipinski definition) is 6. The van der Waals surface area contributed by atoms with E-state index in [2.05, 4.69) is 9.88 Å². The molecule has 0 bridgehead atoms. The van der Waals surface area contributed by atoms with Crippen molar-refractivity contribution in [2.45, 2.75) is 49.4 Å². The van der Waals surface area contributed by atoms with Crippen LogP contribution in [0.2, 0.25) is 5.02 Å². The van der Waals surface area contributed by atoms with Gasteiger partial charge in [0.2, 0.25) is 0 Å². The molecule has 0 amide bonds. The van der Waals surface area contributed by atoms with Crippen LogP contribution in [0.15, 0.2) is 36.4 Å². The van der Waals surface area contributed by atoms with Crippen LogP contribution in [0.5, 0.6) is 5.75 Å². The van der Waals surface area contributed by atoms with Gasteiger partial charge in [0, 0.05) is 50.5 Å². The second-order valence-corrected chi connectivity index (χ2v) is 9.91. The number of carboxylic acid groups (broad SMARTS) is 1. The standard InChI is InChI=1S/C22H23ClF3N3O2.C2HF3O2/c23-15-4-5-18-14(10-15)11-21(31-18)6-8-28(9-7-21)16-12-29(13-17(16)30)20-3-1-2-19(27-20)22(24,25)26;3-2(4,5)1(6)7/h1-5,10,16-17,30H,6-9,11-13H2;(H,6,7)/t16?,17-;/m1./s1. The van der Waals surface area contributed by atoms with Crippen LogP contribution in [0.4, 0.5) is 32.2 Å². The number of aromatic nitrogens is 1. The van der Waals surface area contributed by atoms with Gasteiger partial charge in [-0.25, -0.2) is 9.78 Å². The highest BCUT2D eigenvalue weighted by Crippen LogP contribution is 2.42. The molecule has 2 N–H and O–H groups in total. The highest BCUT2D eigenvalue weighted by Gasteiger charge is 2.45. The van der Waals surface area contributed by atoms with Gasteiger partial charge in [-0.3, -0.25) is 4.90 Å². The first-order chi connectivity index (χ1) is 17.7. The Morgan fingerprint density at radius 3 is 2.34 bits per heavy atom. The maximum Gasteiger partial charge on any atom is 0.490 e. The van der Waals surface area contributed by atoms with Gasteiger partial charge >= 0.3 is 18.3 Å². The van der Waals surface area contributed by atoms with Crippen LogP contribution in [0.25, 0.3) is 0 Å². The van der Waals surface area contributed by atoms with Crippen LogP contribution in [-0.2, 0) is 17.4 Å². The van der Waals surface area contributed by atoms with Crippen molar-refractivity contribution in [3.05, 3.63) is 52.7 Å². The lowest BCUT2D eigenvalue weighted by atomic mass is 9.86. The van der Waals surface area contributed by atoms with Crippen molar-refractivity contribution in [3.63, 3.8) is 0 Å². The number of fused-ring (bicyclic) bond motifs is 1. The molecule has 7 nitrogen and oxygen atoms in total. The molecular formula is C24H24ClF6N3O4. The molecule has 38 heavy (non-hydrogen) atoms. The van der Waals surface area contributed by atoms with Crippen LogP contribution in [-0.4, -0.2) is 76.2 Å². The van der Waals surface area contributed by atoms with E-state index in [4.69, 9.17) is 26.2 Å². The number of aliphatic hydroxyl groups is 1. The van der Waals surface area contributed by atoms with Crippen LogP contribution in [0, 0.1) is 0 Å². The first-order valence-electron chi connectivity index (χ1n) is 11.7.